The van der Waals surface area contributed by atoms with Gasteiger partial charge in [-0.3, -0.25) is 5.32 Å². The molecule has 2 amide bonds. The summed E-state index contributed by atoms with van der Waals surface area (Å²) in [6.45, 7) is 0. The van der Waals surface area contributed by atoms with Crippen molar-refractivity contribution >= 4 is 22.5 Å². The second kappa shape index (κ2) is 4.66. The predicted molar refractivity (Wildman–Crippen MR) is 74.7 cm³/mol. The lowest BCUT2D eigenvalue weighted by Crippen LogP contribution is -2.44. The van der Waals surface area contributed by atoms with Gasteiger partial charge in [-0.2, -0.15) is 0 Å². The minimum atomic E-state index is -0.248. The third kappa shape index (κ3) is 2.29. The van der Waals surface area contributed by atoms with Gasteiger partial charge >= 0.3 is 6.03 Å². The Kier molecular flexibility index (Phi) is 2.92. The van der Waals surface area contributed by atoms with Gasteiger partial charge in [0.2, 0.25) is 5.13 Å². The highest BCUT2D eigenvalue weighted by molar-refractivity contribution is 7.15. The van der Waals surface area contributed by atoms with Crippen LogP contribution in [0.3, 0.4) is 0 Å². The van der Waals surface area contributed by atoms with Gasteiger partial charge in [-0.15, -0.1) is 10.2 Å². The third-order valence-electron chi connectivity index (χ3n) is 4.68. The molecule has 0 spiro atoms. The molecule has 3 saturated carbocycles. The SMILES string of the molecule is O=C(Nc1nnc(C2CC2)s1)N[C@H]1C[C@@H]2C[C@H]1[C@H](O)C2. The van der Waals surface area contributed by atoms with E-state index in [9.17, 15) is 9.90 Å². The Morgan fingerprint density at radius 2 is 2.10 bits per heavy atom. The molecule has 0 saturated heterocycles. The van der Waals surface area contributed by atoms with Gasteiger partial charge in [-0.05, 0) is 38.0 Å². The van der Waals surface area contributed by atoms with Gasteiger partial charge in [0.15, 0.2) is 0 Å². The number of aromatic nitrogens is 2. The fourth-order valence-electron chi connectivity index (χ4n) is 3.56. The number of carbonyl (C=O) groups is 1. The number of carbonyl (C=O) groups excluding carboxylic acids is 1. The highest BCUT2D eigenvalue weighted by Crippen LogP contribution is 2.45. The first-order valence-corrected chi connectivity index (χ1v) is 8.09. The highest BCUT2D eigenvalue weighted by Gasteiger charge is 2.46. The van der Waals surface area contributed by atoms with Crippen LogP contribution in [0, 0.1) is 11.8 Å². The van der Waals surface area contributed by atoms with Crippen LogP contribution in [0.5, 0.6) is 0 Å². The molecule has 6 nitrogen and oxygen atoms in total. The predicted octanol–water partition coefficient (Wildman–Crippen LogP) is 1.70. The average Bonchev–Trinajstić information content (AvgIpc) is 2.86. The van der Waals surface area contributed by atoms with Crippen molar-refractivity contribution in [2.45, 2.75) is 50.2 Å². The number of nitrogens with zero attached hydrogens (tertiary/aromatic N) is 2. The van der Waals surface area contributed by atoms with E-state index in [1.54, 1.807) is 0 Å². The van der Waals surface area contributed by atoms with E-state index >= 15 is 0 Å². The molecular weight excluding hydrogens is 276 g/mol. The van der Waals surface area contributed by atoms with Crippen LogP contribution in [-0.4, -0.2) is 33.5 Å². The minimum absolute atomic E-state index is 0.0968. The van der Waals surface area contributed by atoms with Gasteiger partial charge in [0.05, 0.1) is 6.10 Å². The van der Waals surface area contributed by atoms with Crippen LogP contribution in [0.2, 0.25) is 0 Å². The Hall–Kier alpha value is -1.21. The number of fused-ring (bicyclic) bond motifs is 2. The summed E-state index contributed by atoms with van der Waals surface area (Å²) in [6, 6.07) is -0.132. The molecule has 0 radical (unpaired) electrons. The molecule has 0 unspecified atom stereocenters. The molecule has 1 aromatic rings. The fraction of sp³-hybridized carbons (Fsp3) is 0.769. The van der Waals surface area contributed by atoms with E-state index < -0.39 is 0 Å². The van der Waals surface area contributed by atoms with Crippen LogP contribution in [0.4, 0.5) is 9.93 Å². The zero-order chi connectivity index (χ0) is 13.7. The molecule has 1 heterocycles. The molecule has 3 aliphatic rings. The molecule has 20 heavy (non-hydrogen) atoms. The van der Waals surface area contributed by atoms with Gasteiger partial charge in [0.25, 0.3) is 0 Å². The van der Waals surface area contributed by atoms with Crippen molar-refractivity contribution < 1.29 is 9.90 Å². The van der Waals surface area contributed by atoms with Crippen LogP contribution in [0.15, 0.2) is 0 Å². The normalized spacial score (nSPS) is 35.2. The largest absolute Gasteiger partial charge is 0.393 e. The van der Waals surface area contributed by atoms with Crippen molar-refractivity contribution in [3.8, 4) is 0 Å². The van der Waals surface area contributed by atoms with Crippen LogP contribution < -0.4 is 10.6 Å². The number of rotatable bonds is 3. The van der Waals surface area contributed by atoms with Crippen molar-refractivity contribution in [1.29, 1.82) is 0 Å². The van der Waals surface area contributed by atoms with Gasteiger partial charge in [0.1, 0.15) is 5.01 Å². The van der Waals surface area contributed by atoms with E-state index in [-0.39, 0.29) is 24.1 Å². The summed E-state index contributed by atoms with van der Waals surface area (Å²) in [5.74, 6) is 1.36. The molecule has 2 bridgehead atoms. The van der Waals surface area contributed by atoms with Crippen LogP contribution >= 0.6 is 11.3 Å². The molecule has 0 aliphatic heterocycles. The van der Waals surface area contributed by atoms with Gasteiger partial charge in [-0.25, -0.2) is 4.79 Å². The topological polar surface area (TPSA) is 87.1 Å². The maximum atomic E-state index is 12.0. The minimum Gasteiger partial charge on any atom is -0.393 e. The summed E-state index contributed by atoms with van der Waals surface area (Å²) in [5, 5.41) is 25.3. The Bertz CT molecular complexity index is 530. The lowest BCUT2D eigenvalue weighted by atomic mass is 9.93. The summed E-state index contributed by atoms with van der Waals surface area (Å²) in [7, 11) is 0. The molecule has 3 N–H and O–H groups in total. The summed E-state index contributed by atoms with van der Waals surface area (Å²) in [4.78, 5) is 12.0. The van der Waals surface area contributed by atoms with Crippen molar-refractivity contribution in [3.63, 3.8) is 0 Å². The van der Waals surface area contributed by atoms with Crippen molar-refractivity contribution in [2.75, 3.05) is 5.32 Å². The van der Waals surface area contributed by atoms with Crippen LogP contribution in [-0.2, 0) is 0 Å². The average molecular weight is 294 g/mol. The molecule has 108 valence electrons. The van der Waals surface area contributed by atoms with E-state index in [4.69, 9.17) is 0 Å². The number of nitrogens with one attached hydrogen (secondary N) is 2. The molecular formula is C13H18N4O2S. The lowest BCUT2D eigenvalue weighted by molar-refractivity contribution is 0.0960. The number of aliphatic hydroxyl groups excluding tert-OH is 1. The highest BCUT2D eigenvalue weighted by atomic mass is 32.1. The fourth-order valence-corrected chi connectivity index (χ4v) is 4.47. The van der Waals surface area contributed by atoms with E-state index in [1.807, 2.05) is 0 Å². The zero-order valence-corrected chi connectivity index (χ0v) is 11.9. The van der Waals surface area contributed by atoms with Crippen molar-refractivity contribution in [1.82, 2.24) is 15.5 Å². The standard InChI is InChI=1S/C13H18N4O2S/c18-10-5-6-3-8(10)9(4-6)14-12(19)15-13-17-16-11(20-13)7-1-2-7/h6-10,18H,1-5H2,(H2,14,15,17,19)/t6-,8+,9-,10+/m0/s1. The monoisotopic (exact) mass is 294 g/mol. The second-order valence-corrected chi connectivity index (χ2v) is 7.24. The van der Waals surface area contributed by atoms with Crippen molar-refractivity contribution in [3.05, 3.63) is 5.01 Å². The number of hydrogen-bond acceptors (Lipinski definition) is 5. The summed E-state index contributed by atoms with van der Waals surface area (Å²) >= 11 is 1.46. The molecule has 3 fully saturated rings. The summed E-state index contributed by atoms with van der Waals surface area (Å²) in [5.41, 5.74) is 0. The van der Waals surface area contributed by atoms with E-state index in [0.29, 0.717) is 17.0 Å². The molecule has 7 heteroatoms. The summed E-state index contributed by atoms with van der Waals surface area (Å²) < 4.78 is 0. The maximum Gasteiger partial charge on any atom is 0.321 e. The number of aliphatic hydroxyl groups is 1. The van der Waals surface area contributed by atoms with E-state index in [0.717, 1.165) is 24.3 Å². The van der Waals surface area contributed by atoms with Crippen molar-refractivity contribution in [2.24, 2.45) is 11.8 Å². The van der Waals surface area contributed by atoms with E-state index in [2.05, 4.69) is 20.8 Å². The Morgan fingerprint density at radius 3 is 2.80 bits per heavy atom. The second-order valence-electron chi connectivity index (χ2n) is 6.23. The van der Waals surface area contributed by atoms with Gasteiger partial charge < -0.3 is 10.4 Å². The quantitative estimate of drug-likeness (QED) is 0.792. The van der Waals surface area contributed by atoms with Gasteiger partial charge in [0, 0.05) is 17.9 Å². The molecule has 1 aromatic heterocycles. The first-order valence-electron chi connectivity index (χ1n) is 7.28. The molecule has 0 aromatic carbocycles. The third-order valence-corrected chi connectivity index (χ3v) is 5.68. The first-order chi connectivity index (χ1) is 9.69. The van der Waals surface area contributed by atoms with Gasteiger partial charge in [-0.1, -0.05) is 11.3 Å². The first kappa shape index (κ1) is 12.5. The Morgan fingerprint density at radius 1 is 1.25 bits per heavy atom. The maximum absolute atomic E-state index is 12.0. The van der Waals surface area contributed by atoms with Crippen LogP contribution in [0.1, 0.15) is 43.0 Å². The number of amides is 2. The molecule has 4 atom stereocenters. The smallest absolute Gasteiger partial charge is 0.321 e. The lowest BCUT2D eigenvalue weighted by Gasteiger charge is -2.26. The molecule has 4 rings (SSSR count). The Balaban J connectivity index is 1.33. The number of anilines is 1. The number of hydrogen-bond donors (Lipinski definition) is 3. The summed E-state index contributed by atoms with van der Waals surface area (Å²) in [6.07, 6.45) is 5.04. The molecule has 3 aliphatic carbocycles. The van der Waals surface area contributed by atoms with Crippen LogP contribution in [0.25, 0.3) is 0 Å². The Labute approximate surface area is 121 Å². The zero-order valence-electron chi connectivity index (χ0n) is 11.1. The van der Waals surface area contributed by atoms with E-state index in [1.165, 1.54) is 24.2 Å². The number of urea groups is 1.